The van der Waals surface area contributed by atoms with Crippen LogP contribution in [0.1, 0.15) is 24.2 Å². The molecule has 194 valence electrons. The van der Waals surface area contributed by atoms with Crippen molar-refractivity contribution < 1.29 is 23.8 Å². The summed E-state index contributed by atoms with van der Waals surface area (Å²) in [4.78, 5) is 33.9. The van der Waals surface area contributed by atoms with Crippen molar-refractivity contribution in [3.8, 4) is 17.0 Å². The van der Waals surface area contributed by atoms with E-state index < -0.39 is 24.0 Å². The van der Waals surface area contributed by atoms with Crippen LogP contribution in [-0.4, -0.2) is 70.7 Å². The number of amides is 3. The predicted molar refractivity (Wildman–Crippen MR) is 139 cm³/mol. The molecule has 0 saturated carbocycles. The van der Waals surface area contributed by atoms with Crippen molar-refractivity contribution in [2.45, 2.75) is 26.0 Å². The minimum Gasteiger partial charge on any atom is -0.472 e. The number of rotatable bonds is 6. The molecule has 8 nitrogen and oxygen atoms in total. The van der Waals surface area contributed by atoms with Crippen molar-refractivity contribution in [1.29, 1.82) is 0 Å². The van der Waals surface area contributed by atoms with E-state index in [0.717, 1.165) is 11.1 Å². The Morgan fingerprint density at radius 3 is 2.62 bits per heavy atom. The Hall–Kier alpha value is -3.98. The number of likely N-dealkylation sites (N-methyl/N-ethyl adjacent to an activating group) is 1. The molecule has 0 unspecified atom stereocenters. The normalized spacial score (nSPS) is 18.2. The van der Waals surface area contributed by atoms with Crippen molar-refractivity contribution in [2.24, 2.45) is 5.92 Å². The van der Waals surface area contributed by atoms with Crippen LogP contribution in [0.2, 0.25) is 0 Å². The molecule has 0 saturated heterocycles. The molecule has 3 aromatic rings. The molecule has 3 atom stereocenters. The third-order valence-electron chi connectivity index (χ3n) is 6.54. The fourth-order valence-electron chi connectivity index (χ4n) is 4.23. The fourth-order valence-corrected chi connectivity index (χ4v) is 4.23. The maximum absolute atomic E-state index is 14.0. The lowest BCUT2D eigenvalue weighted by molar-refractivity contribution is 0.0356. The first-order valence-electron chi connectivity index (χ1n) is 12.2. The van der Waals surface area contributed by atoms with Crippen LogP contribution in [0.4, 0.5) is 14.9 Å². The van der Waals surface area contributed by atoms with Crippen molar-refractivity contribution in [2.75, 3.05) is 32.1 Å². The molecule has 1 aliphatic heterocycles. The minimum absolute atomic E-state index is 0.0833. The smallest absolute Gasteiger partial charge is 0.321 e. The Bertz CT molecular complexity index is 1260. The molecule has 0 radical (unpaired) electrons. The SMILES string of the molecule is C[C@H]1CN([C@@H](C)CO)C(=O)c2cc(-c3ccccc3)cnc2O[C@H]1CN(C)C(=O)Nc1ccccc1F. The number of nitrogens with zero attached hydrogens (tertiary/aromatic N) is 3. The van der Waals surface area contributed by atoms with Crippen LogP contribution < -0.4 is 10.1 Å². The molecule has 2 heterocycles. The predicted octanol–water partition coefficient (Wildman–Crippen LogP) is 4.27. The third kappa shape index (κ3) is 5.89. The lowest BCUT2D eigenvalue weighted by atomic mass is 9.99. The van der Waals surface area contributed by atoms with E-state index in [2.05, 4.69) is 10.3 Å². The Morgan fingerprint density at radius 1 is 1.22 bits per heavy atom. The first-order valence-corrected chi connectivity index (χ1v) is 12.2. The Labute approximate surface area is 215 Å². The van der Waals surface area contributed by atoms with Crippen molar-refractivity contribution in [3.63, 3.8) is 0 Å². The second kappa shape index (κ2) is 11.4. The van der Waals surface area contributed by atoms with Gasteiger partial charge in [-0.05, 0) is 30.7 Å². The molecule has 37 heavy (non-hydrogen) atoms. The van der Waals surface area contributed by atoms with Crippen molar-refractivity contribution in [3.05, 3.63) is 78.2 Å². The zero-order chi connectivity index (χ0) is 26.5. The molecule has 3 amide bonds. The number of halogens is 1. The molecule has 2 N–H and O–H groups in total. The zero-order valence-electron chi connectivity index (χ0n) is 21.1. The minimum atomic E-state index is -0.528. The number of urea groups is 1. The molecular formula is C28H31FN4O4. The summed E-state index contributed by atoms with van der Waals surface area (Å²) in [6.07, 6.45) is 1.13. The van der Waals surface area contributed by atoms with Gasteiger partial charge in [-0.1, -0.05) is 49.4 Å². The number of anilines is 1. The van der Waals surface area contributed by atoms with E-state index in [1.807, 2.05) is 37.3 Å². The van der Waals surface area contributed by atoms with Gasteiger partial charge >= 0.3 is 6.03 Å². The van der Waals surface area contributed by atoms with Crippen LogP contribution in [0.15, 0.2) is 66.9 Å². The van der Waals surface area contributed by atoms with E-state index in [1.54, 1.807) is 43.3 Å². The summed E-state index contributed by atoms with van der Waals surface area (Å²) in [6.45, 7) is 3.98. The van der Waals surface area contributed by atoms with E-state index in [1.165, 1.54) is 17.0 Å². The van der Waals surface area contributed by atoms with Crippen LogP contribution in [0.25, 0.3) is 11.1 Å². The maximum atomic E-state index is 14.0. The lowest BCUT2D eigenvalue weighted by Crippen LogP contribution is -2.50. The Kier molecular flexibility index (Phi) is 8.03. The molecular weight excluding hydrogens is 475 g/mol. The van der Waals surface area contributed by atoms with Crippen LogP contribution in [-0.2, 0) is 0 Å². The third-order valence-corrected chi connectivity index (χ3v) is 6.54. The van der Waals surface area contributed by atoms with E-state index in [0.29, 0.717) is 6.54 Å². The summed E-state index contributed by atoms with van der Waals surface area (Å²) < 4.78 is 20.3. The van der Waals surface area contributed by atoms with Crippen LogP contribution in [0.3, 0.4) is 0 Å². The highest BCUT2D eigenvalue weighted by Crippen LogP contribution is 2.30. The number of nitrogens with one attached hydrogen (secondary N) is 1. The molecule has 1 aliphatic rings. The highest BCUT2D eigenvalue weighted by molar-refractivity contribution is 5.98. The zero-order valence-corrected chi connectivity index (χ0v) is 21.1. The van der Waals surface area contributed by atoms with Gasteiger partial charge < -0.3 is 25.0 Å². The van der Waals surface area contributed by atoms with Gasteiger partial charge in [-0.25, -0.2) is 14.2 Å². The van der Waals surface area contributed by atoms with Crippen molar-refractivity contribution in [1.82, 2.24) is 14.8 Å². The monoisotopic (exact) mass is 506 g/mol. The first-order chi connectivity index (χ1) is 17.8. The maximum Gasteiger partial charge on any atom is 0.321 e. The van der Waals surface area contributed by atoms with Gasteiger partial charge in [0, 0.05) is 31.3 Å². The molecule has 9 heteroatoms. The summed E-state index contributed by atoms with van der Waals surface area (Å²) >= 11 is 0. The average molecular weight is 507 g/mol. The number of aliphatic hydroxyl groups excluding tert-OH is 1. The summed E-state index contributed by atoms with van der Waals surface area (Å²) in [5, 5.41) is 12.4. The van der Waals surface area contributed by atoms with Crippen LogP contribution in [0.5, 0.6) is 5.88 Å². The summed E-state index contributed by atoms with van der Waals surface area (Å²) in [5.41, 5.74) is 2.04. The Balaban J connectivity index is 1.62. The number of benzene rings is 2. The number of hydrogen-bond acceptors (Lipinski definition) is 5. The summed E-state index contributed by atoms with van der Waals surface area (Å²) in [6, 6.07) is 16.4. The topological polar surface area (TPSA) is 95.0 Å². The number of carbonyl (C=O) groups is 2. The molecule has 0 bridgehead atoms. The lowest BCUT2D eigenvalue weighted by Gasteiger charge is -2.37. The van der Waals surface area contributed by atoms with E-state index in [4.69, 9.17) is 4.74 Å². The number of para-hydroxylation sites is 1. The van der Waals surface area contributed by atoms with Gasteiger partial charge in [-0.15, -0.1) is 0 Å². The number of carbonyl (C=O) groups excluding carboxylic acids is 2. The van der Waals surface area contributed by atoms with Gasteiger partial charge in [0.2, 0.25) is 5.88 Å². The number of pyridine rings is 1. The average Bonchev–Trinajstić information content (AvgIpc) is 2.91. The number of fused-ring (bicyclic) bond motifs is 1. The molecule has 4 rings (SSSR count). The van der Waals surface area contributed by atoms with Gasteiger partial charge in [0.05, 0.1) is 24.9 Å². The quantitative estimate of drug-likeness (QED) is 0.521. The van der Waals surface area contributed by atoms with Crippen LogP contribution >= 0.6 is 0 Å². The van der Waals surface area contributed by atoms with E-state index in [9.17, 15) is 19.1 Å². The van der Waals surface area contributed by atoms with E-state index >= 15 is 0 Å². The highest BCUT2D eigenvalue weighted by Gasteiger charge is 2.34. The second-order valence-corrected chi connectivity index (χ2v) is 9.36. The standard InChI is InChI=1S/C28H31FN4O4/c1-18-15-33(19(2)17-34)27(35)22-13-21(20-9-5-4-6-10-20)14-30-26(22)37-25(18)16-32(3)28(36)31-24-12-8-7-11-23(24)29/h4-14,18-19,25,34H,15-17H2,1-3H3,(H,31,36)/t18-,19-,25-/m0/s1. The van der Waals surface area contributed by atoms with Crippen LogP contribution in [0, 0.1) is 11.7 Å². The largest absolute Gasteiger partial charge is 0.472 e. The molecule has 0 aliphatic carbocycles. The van der Waals surface area contributed by atoms with Crippen molar-refractivity contribution >= 4 is 17.6 Å². The number of ether oxygens (including phenoxy) is 1. The van der Waals surface area contributed by atoms with Gasteiger partial charge in [0.15, 0.2) is 0 Å². The van der Waals surface area contributed by atoms with Gasteiger partial charge in [0.1, 0.15) is 17.5 Å². The number of aliphatic hydroxyl groups is 1. The number of hydrogen-bond donors (Lipinski definition) is 2. The molecule has 2 aromatic carbocycles. The summed E-state index contributed by atoms with van der Waals surface area (Å²) in [7, 11) is 1.59. The van der Waals surface area contributed by atoms with Gasteiger partial charge in [-0.3, -0.25) is 4.79 Å². The second-order valence-electron chi connectivity index (χ2n) is 9.36. The Morgan fingerprint density at radius 2 is 1.92 bits per heavy atom. The van der Waals surface area contributed by atoms with Gasteiger partial charge in [0.25, 0.3) is 5.91 Å². The van der Waals surface area contributed by atoms with Gasteiger partial charge in [-0.2, -0.15) is 0 Å². The molecule has 0 spiro atoms. The van der Waals surface area contributed by atoms with E-state index in [-0.39, 0.29) is 42.1 Å². The molecule has 0 fully saturated rings. The fraction of sp³-hybridized carbons (Fsp3) is 0.321. The summed E-state index contributed by atoms with van der Waals surface area (Å²) in [5.74, 6) is -0.846. The molecule has 1 aromatic heterocycles. The number of aromatic nitrogens is 1. The highest BCUT2D eigenvalue weighted by atomic mass is 19.1. The first kappa shape index (κ1) is 26.1.